The molecule has 0 atom stereocenters. The van der Waals surface area contributed by atoms with E-state index in [1.54, 1.807) is 13.8 Å². The molecule has 6 nitrogen and oxygen atoms in total. The molecule has 0 saturated carbocycles. The Morgan fingerprint density at radius 2 is 1.86 bits per heavy atom. The minimum absolute atomic E-state index is 0.190. The highest BCUT2D eigenvalue weighted by Crippen LogP contribution is 2.34. The molecule has 122 valence electrons. The van der Waals surface area contributed by atoms with Gasteiger partial charge in [0.1, 0.15) is 9.88 Å². The summed E-state index contributed by atoms with van der Waals surface area (Å²) >= 11 is 1.03. The molecule has 1 heterocycles. The van der Waals surface area contributed by atoms with Crippen LogP contribution in [0.4, 0.5) is 5.00 Å². The fourth-order valence-electron chi connectivity index (χ4n) is 1.86. The van der Waals surface area contributed by atoms with Gasteiger partial charge in [-0.25, -0.2) is 9.59 Å². The minimum Gasteiger partial charge on any atom is -0.465 e. The van der Waals surface area contributed by atoms with Crippen LogP contribution in [0.15, 0.2) is 0 Å². The number of amides is 1. The summed E-state index contributed by atoms with van der Waals surface area (Å²) in [7, 11) is 1.27. The van der Waals surface area contributed by atoms with Crippen molar-refractivity contribution in [2.24, 2.45) is 0 Å². The molecular formula is C15H21NO5S. The average molecular weight is 327 g/mol. The summed E-state index contributed by atoms with van der Waals surface area (Å²) in [6.45, 7) is 5.53. The first-order valence-electron chi connectivity index (χ1n) is 7.14. The molecule has 1 rings (SSSR count). The first kappa shape index (κ1) is 18.2. The van der Waals surface area contributed by atoms with Gasteiger partial charge in [0.15, 0.2) is 0 Å². The molecule has 1 aromatic rings. The molecule has 0 spiro atoms. The highest BCUT2D eigenvalue weighted by atomic mass is 32.1. The van der Waals surface area contributed by atoms with Crippen LogP contribution in [0.3, 0.4) is 0 Å². The zero-order valence-electron chi connectivity index (χ0n) is 13.3. The number of nitrogens with one attached hydrogen (secondary N) is 1. The van der Waals surface area contributed by atoms with Crippen LogP contribution >= 0.6 is 11.3 Å². The smallest absolute Gasteiger partial charge is 0.348 e. The molecule has 1 N–H and O–H groups in total. The number of unbranched alkanes of at least 4 members (excludes halogenated alkanes) is 1. The Balaban J connectivity index is 3.14. The number of carbonyl (C=O) groups is 3. The monoisotopic (exact) mass is 327 g/mol. The number of methoxy groups -OCH3 is 1. The lowest BCUT2D eigenvalue weighted by Gasteiger charge is -2.06. The Morgan fingerprint density at radius 3 is 2.41 bits per heavy atom. The third kappa shape index (κ3) is 4.30. The number of carbonyl (C=O) groups excluding carboxylic acids is 3. The van der Waals surface area contributed by atoms with Gasteiger partial charge in [-0.15, -0.1) is 11.3 Å². The van der Waals surface area contributed by atoms with Crippen molar-refractivity contribution in [1.82, 2.24) is 0 Å². The summed E-state index contributed by atoms with van der Waals surface area (Å²) in [5.41, 5.74) is 0.679. The Bertz CT molecular complexity index is 565. The van der Waals surface area contributed by atoms with Gasteiger partial charge in [0.25, 0.3) is 0 Å². The van der Waals surface area contributed by atoms with Crippen LogP contribution in [0.5, 0.6) is 0 Å². The predicted octanol–water partition coefficient (Wildman–Crippen LogP) is 3.15. The predicted molar refractivity (Wildman–Crippen MR) is 84.5 cm³/mol. The number of ether oxygens (including phenoxy) is 2. The van der Waals surface area contributed by atoms with Crippen LogP contribution < -0.4 is 5.32 Å². The van der Waals surface area contributed by atoms with Gasteiger partial charge in [-0.05, 0) is 25.8 Å². The topological polar surface area (TPSA) is 81.7 Å². The second kappa shape index (κ2) is 8.53. The Kier molecular flexibility index (Phi) is 7.04. The molecule has 0 saturated heterocycles. The minimum atomic E-state index is -0.558. The highest BCUT2D eigenvalue weighted by molar-refractivity contribution is 7.18. The van der Waals surface area contributed by atoms with Crippen molar-refractivity contribution in [1.29, 1.82) is 0 Å². The average Bonchev–Trinajstić information content (AvgIpc) is 2.81. The second-order valence-electron chi connectivity index (χ2n) is 4.62. The van der Waals surface area contributed by atoms with E-state index in [1.807, 2.05) is 6.92 Å². The summed E-state index contributed by atoms with van der Waals surface area (Å²) < 4.78 is 9.70. The molecule has 7 heteroatoms. The molecule has 0 aliphatic heterocycles. The molecule has 22 heavy (non-hydrogen) atoms. The van der Waals surface area contributed by atoms with Gasteiger partial charge >= 0.3 is 11.9 Å². The van der Waals surface area contributed by atoms with Crippen molar-refractivity contribution < 1.29 is 23.9 Å². The highest BCUT2D eigenvalue weighted by Gasteiger charge is 2.26. The third-order valence-electron chi connectivity index (χ3n) is 3.01. The van der Waals surface area contributed by atoms with E-state index in [9.17, 15) is 14.4 Å². The fourth-order valence-corrected chi connectivity index (χ4v) is 2.99. The summed E-state index contributed by atoms with van der Waals surface area (Å²) in [5, 5.41) is 3.03. The maximum atomic E-state index is 12.1. The molecule has 0 fully saturated rings. The lowest BCUT2D eigenvalue weighted by atomic mass is 10.1. The molecule has 1 amide bonds. The molecular weight excluding hydrogens is 306 g/mol. The summed E-state index contributed by atoms with van der Waals surface area (Å²) in [5.74, 6) is -1.29. The van der Waals surface area contributed by atoms with Crippen LogP contribution in [0, 0.1) is 6.92 Å². The van der Waals surface area contributed by atoms with Crippen LogP contribution in [0.1, 0.15) is 58.7 Å². The summed E-state index contributed by atoms with van der Waals surface area (Å²) in [6, 6.07) is 0. The molecule has 0 aliphatic rings. The van der Waals surface area contributed by atoms with Crippen molar-refractivity contribution in [2.45, 2.75) is 40.0 Å². The molecule has 0 radical (unpaired) electrons. The van der Waals surface area contributed by atoms with E-state index in [2.05, 4.69) is 5.32 Å². The van der Waals surface area contributed by atoms with Gasteiger partial charge in [-0.1, -0.05) is 13.3 Å². The number of esters is 2. The maximum Gasteiger partial charge on any atom is 0.348 e. The van der Waals surface area contributed by atoms with Gasteiger partial charge in [0, 0.05) is 6.42 Å². The first-order valence-corrected chi connectivity index (χ1v) is 7.96. The zero-order chi connectivity index (χ0) is 16.7. The number of hydrogen-bond acceptors (Lipinski definition) is 6. The van der Waals surface area contributed by atoms with E-state index in [1.165, 1.54) is 7.11 Å². The lowest BCUT2D eigenvalue weighted by Crippen LogP contribution is -2.14. The molecule has 0 aromatic carbocycles. The number of anilines is 1. The van der Waals surface area contributed by atoms with Crippen molar-refractivity contribution >= 4 is 34.2 Å². The largest absolute Gasteiger partial charge is 0.465 e. The number of rotatable bonds is 7. The van der Waals surface area contributed by atoms with E-state index in [4.69, 9.17) is 9.47 Å². The first-order chi connectivity index (χ1) is 10.5. The van der Waals surface area contributed by atoms with Crippen molar-refractivity contribution in [3.05, 3.63) is 16.0 Å². The summed E-state index contributed by atoms with van der Waals surface area (Å²) in [6.07, 6.45) is 2.02. The Labute approximate surface area is 133 Å². The fraction of sp³-hybridized carbons (Fsp3) is 0.533. The zero-order valence-corrected chi connectivity index (χ0v) is 14.1. The maximum absolute atomic E-state index is 12.1. The standard InChI is InChI=1S/C15H21NO5S/c1-5-7-8-10(17)16-13-11(14(18)21-6-2)9(3)12(22-13)15(19)20-4/h5-8H2,1-4H3,(H,16,17). The lowest BCUT2D eigenvalue weighted by molar-refractivity contribution is -0.116. The Morgan fingerprint density at radius 1 is 1.18 bits per heavy atom. The second-order valence-corrected chi connectivity index (χ2v) is 5.64. The number of hydrogen-bond donors (Lipinski definition) is 1. The third-order valence-corrected chi connectivity index (χ3v) is 4.19. The van der Waals surface area contributed by atoms with Crippen LogP contribution in [0.25, 0.3) is 0 Å². The van der Waals surface area contributed by atoms with Gasteiger partial charge in [-0.3, -0.25) is 4.79 Å². The van der Waals surface area contributed by atoms with E-state index in [-0.39, 0.29) is 23.0 Å². The van der Waals surface area contributed by atoms with Crippen LogP contribution in [-0.2, 0) is 14.3 Å². The van der Waals surface area contributed by atoms with Crippen molar-refractivity contribution in [3.63, 3.8) is 0 Å². The van der Waals surface area contributed by atoms with Crippen molar-refractivity contribution in [3.8, 4) is 0 Å². The Hall–Kier alpha value is -1.89. The molecule has 0 aliphatic carbocycles. The van der Waals surface area contributed by atoms with E-state index < -0.39 is 11.9 Å². The molecule has 1 aromatic heterocycles. The van der Waals surface area contributed by atoms with Crippen LogP contribution in [0.2, 0.25) is 0 Å². The van der Waals surface area contributed by atoms with E-state index >= 15 is 0 Å². The molecule has 0 unspecified atom stereocenters. The van der Waals surface area contributed by atoms with Crippen molar-refractivity contribution in [2.75, 3.05) is 19.0 Å². The van der Waals surface area contributed by atoms with Gasteiger partial charge < -0.3 is 14.8 Å². The molecule has 0 bridgehead atoms. The SMILES string of the molecule is CCCCC(=O)Nc1sc(C(=O)OC)c(C)c1C(=O)OCC. The number of thiophene rings is 1. The van der Waals surface area contributed by atoms with Gasteiger partial charge in [-0.2, -0.15) is 0 Å². The summed E-state index contributed by atoms with van der Waals surface area (Å²) in [4.78, 5) is 36.0. The van der Waals surface area contributed by atoms with E-state index in [0.29, 0.717) is 17.0 Å². The quantitative estimate of drug-likeness (QED) is 0.778. The van der Waals surface area contributed by atoms with E-state index in [0.717, 1.165) is 24.2 Å². The van der Waals surface area contributed by atoms with Gasteiger partial charge in [0.2, 0.25) is 5.91 Å². The van der Waals surface area contributed by atoms with Crippen LogP contribution in [-0.4, -0.2) is 31.6 Å². The normalized spacial score (nSPS) is 10.2. The van der Waals surface area contributed by atoms with Gasteiger partial charge in [0.05, 0.1) is 19.3 Å².